The Kier molecular flexibility index (Phi) is 2.78. The van der Waals surface area contributed by atoms with Gasteiger partial charge in [-0.3, -0.25) is 0 Å². The molecule has 0 N–H and O–H groups in total. The van der Waals surface area contributed by atoms with Crippen molar-refractivity contribution in [2.75, 3.05) is 0 Å². The summed E-state index contributed by atoms with van der Waals surface area (Å²) < 4.78 is 5.83. The standard InChI is InChI=1S/C12H24O/c1-7-9(11(3,4)5)12(6)10(8-2)13-12/h9-10H,7-8H2,1-6H3. The van der Waals surface area contributed by atoms with Crippen molar-refractivity contribution >= 4 is 0 Å². The summed E-state index contributed by atoms with van der Waals surface area (Å²) in [6.45, 7) is 13.7. The van der Waals surface area contributed by atoms with Crippen molar-refractivity contribution in [3.05, 3.63) is 0 Å². The summed E-state index contributed by atoms with van der Waals surface area (Å²) >= 11 is 0. The van der Waals surface area contributed by atoms with E-state index >= 15 is 0 Å². The minimum Gasteiger partial charge on any atom is -0.366 e. The average molecular weight is 184 g/mol. The van der Waals surface area contributed by atoms with Crippen LogP contribution in [0.2, 0.25) is 0 Å². The van der Waals surface area contributed by atoms with Crippen molar-refractivity contribution in [3.8, 4) is 0 Å². The Labute approximate surface area is 82.9 Å². The largest absolute Gasteiger partial charge is 0.366 e. The molecule has 0 spiro atoms. The molecule has 1 fully saturated rings. The van der Waals surface area contributed by atoms with E-state index in [0.29, 0.717) is 17.4 Å². The van der Waals surface area contributed by atoms with Gasteiger partial charge in [0, 0.05) is 0 Å². The third-order valence-corrected chi connectivity index (χ3v) is 3.49. The van der Waals surface area contributed by atoms with Crippen LogP contribution in [0.5, 0.6) is 0 Å². The van der Waals surface area contributed by atoms with Crippen LogP contribution in [0, 0.1) is 11.3 Å². The highest BCUT2D eigenvalue weighted by molar-refractivity contribution is 5.05. The lowest BCUT2D eigenvalue weighted by atomic mass is 9.70. The van der Waals surface area contributed by atoms with Gasteiger partial charge < -0.3 is 4.74 Å². The molecule has 1 saturated heterocycles. The Morgan fingerprint density at radius 2 is 1.85 bits per heavy atom. The van der Waals surface area contributed by atoms with Crippen LogP contribution in [0.1, 0.15) is 54.4 Å². The van der Waals surface area contributed by atoms with Gasteiger partial charge in [-0.1, -0.05) is 34.6 Å². The van der Waals surface area contributed by atoms with E-state index in [0.717, 1.165) is 6.42 Å². The van der Waals surface area contributed by atoms with E-state index in [4.69, 9.17) is 4.74 Å². The van der Waals surface area contributed by atoms with Gasteiger partial charge in [0.1, 0.15) is 0 Å². The molecule has 0 saturated carbocycles. The number of hydrogen-bond donors (Lipinski definition) is 0. The second-order valence-electron chi connectivity index (χ2n) is 5.53. The van der Waals surface area contributed by atoms with Gasteiger partial charge in [-0.05, 0) is 31.1 Å². The molecule has 1 aliphatic rings. The first kappa shape index (κ1) is 11.0. The summed E-state index contributed by atoms with van der Waals surface area (Å²) in [7, 11) is 0. The third kappa shape index (κ3) is 1.90. The Morgan fingerprint density at radius 1 is 1.31 bits per heavy atom. The molecular formula is C12H24O. The van der Waals surface area contributed by atoms with Gasteiger partial charge in [0.05, 0.1) is 11.7 Å². The fourth-order valence-corrected chi connectivity index (χ4v) is 2.95. The first-order valence-electron chi connectivity index (χ1n) is 5.54. The fourth-order valence-electron chi connectivity index (χ4n) is 2.95. The summed E-state index contributed by atoms with van der Waals surface area (Å²) in [6.07, 6.45) is 2.89. The first-order valence-corrected chi connectivity index (χ1v) is 5.54. The molecule has 1 nitrogen and oxygen atoms in total. The molecule has 78 valence electrons. The van der Waals surface area contributed by atoms with Crippen LogP contribution in [0.15, 0.2) is 0 Å². The van der Waals surface area contributed by atoms with Crippen molar-refractivity contribution in [2.24, 2.45) is 11.3 Å². The van der Waals surface area contributed by atoms with Crippen LogP contribution >= 0.6 is 0 Å². The Balaban J connectivity index is 2.69. The van der Waals surface area contributed by atoms with Crippen molar-refractivity contribution < 1.29 is 4.74 Å². The van der Waals surface area contributed by atoms with Crippen LogP contribution in [-0.2, 0) is 4.74 Å². The van der Waals surface area contributed by atoms with Crippen molar-refractivity contribution in [3.63, 3.8) is 0 Å². The van der Waals surface area contributed by atoms with Crippen molar-refractivity contribution in [1.82, 2.24) is 0 Å². The second-order valence-corrected chi connectivity index (χ2v) is 5.53. The van der Waals surface area contributed by atoms with Gasteiger partial charge in [-0.25, -0.2) is 0 Å². The number of epoxide rings is 1. The highest BCUT2D eigenvalue weighted by atomic mass is 16.6. The quantitative estimate of drug-likeness (QED) is 0.610. The maximum atomic E-state index is 5.83. The molecular weight excluding hydrogens is 160 g/mol. The predicted octanol–water partition coefficient (Wildman–Crippen LogP) is 3.63. The van der Waals surface area contributed by atoms with E-state index in [1.54, 1.807) is 0 Å². The van der Waals surface area contributed by atoms with Gasteiger partial charge in [-0.15, -0.1) is 0 Å². The van der Waals surface area contributed by atoms with Gasteiger partial charge in [0.15, 0.2) is 0 Å². The highest BCUT2D eigenvalue weighted by Crippen LogP contribution is 2.52. The summed E-state index contributed by atoms with van der Waals surface area (Å²) in [5, 5.41) is 0. The molecule has 1 heteroatoms. The smallest absolute Gasteiger partial charge is 0.0953 e. The van der Waals surface area contributed by atoms with Gasteiger partial charge >= 0.3 is 0 Å². The maximum absolute atomic E-state index is 5.83. The number of hydrogen-bond acceptors (Lipinski definition) is 1. The number of ether oxygens (including phenoxy) is 1. The summed E-state index contributed by atoms with van der Waals surface area (Å²) in [5.41, 5.74) is 0.537. The van der Waals surface area contributed by atoms with Gasteiger partial charge in [0.25, 0.3) is 0 Å². The summed E-state index contributed by atoms with van der Waals surface area (Å²) in [5.74, 6) is 0.685. The predicted molar refractivity (Wildman–Crippen MR) is 56.8 cm³/mol. The van der Waals surface area contributed by atoms with Crippen LogP contribution in [0.4, 0.5) is 0 Å². The lowest BCUT2D eigenvalue weighted by molar-refractivity contribution is 0.119. The molecule has 0 amide bonds. The highest BCUT2D eigenvalue weighted by Gasteiger charge is 2.58. The van der Waals surface area contributed by atoms with Crippen LogP contribution in [0.25, 0.3) is 0 Å². The molecule has 13 heavy (non-hydrogen) atoms. The Hall–Kier alpha value is -0.0400. The van der Waals surface area contributed by atoms with Crippen LogP contribution in [-0.4, -0.2) is 11.7 Å². The van der Waals surface area contributed by atoms with E-state index in [1.807, 2.05) is 0 Å². The molecule has 0 bridgehead atoms. The van der Waals surface area contributed by atoms with E-state index in [2.05, 4.69) is 41.5 Å². The van der Waals surface area contributed by atoms with Crippen LogP contribution < -0.4 is 0 Å². The Morgan fingerprint density at radius 3 is 2.08 bits per heavy atom. The molecule has 0 radical (unpaired) electrons. The zero-order valence-corrected chi connectivity index (χ0v) is 9.98. The van der Waals surface area contributed by atoms with Gasteiger partial charge in [0.2, 0.25) is 0 Å². The van der Waals surface area contributed by atoms with E-state index in [1.165, 1.54) is 6.42 Å². The molecule has 0 aliphatic carbocycles. The third-order valence-electron chi connectivity index (χ3n) is 3.49. The van der Waals surface area contributed by atoms with E-state index in [9.17, 15) is 0 Å². The maximum Gasteiger partial charge on any atom is 0.0953 e. The van der Waals surface area contributed by atoms with Gasteiger partial charge in [-0.2, -0.15) is 0 Å². The lowest BCUT2D eigenvalue weighted by Gasteiger charge is -2.33. The molecule has 0 aromatic rings. The topological polar surface area (TPSA) is 12.5 Å². The summed E-state index contributed by atoms with van der Waals surface area (Å²) in [4.78, 5) is 0. The zero-order valence-electron chi connectivity index (χ0n) is 9.98. The minimum atomic E-state index is 0.168. The minimum absolute atomic E-state index is 0.168. The molecule has 1 rings (SSSR count). The average Bonchev–Trinajstić information content (AvgIpc) is 2.60. The normalized spacial score (nSPS) is 36.0. The molecule has 1 heterocycles. The lowest BCUT2D eigenvalue weighted by Crippen LogP contribution is -2.34. The summed E-state index contributed by atoms with van der Waals surface area (Å²) in [6, 6.07) is 0. The SMILES string of the molecule is CCC1OC1(C)C(CC)C(C)(C)C. The molecule has 3 unspecified atom stereocenters. The fraction of sp³-hybridized carbons (Fsp3) is 1.00. The van der Waals surface area contributed by atoms with Crippen LogP contribution in [0.3, 0.4) is 0 Å². The monoisotopic (exact) mass is 184 g/mol. The molecule has 3 atom stereocenters. The van der Waals surface area contributed by atoms with Crippen molar-refractivity contribution in [2.45, 2.75) is 66.1 Å². The second kappa shape index (κ2) is 3.27. The van der Waals surface area contributed by atoms with E-state index in [-0.39, 0.29) is 5.60 Å². The molecule has 0 aromatic heterocycles. The van der Waals surface area contributed by atoms with Crippen molar-refractivity contribution in [1.29, 1.82) is 0 Å². The Bertz CT molecular complexity index is 180. The zero-order chi connectivity index (χ0) is 10.3. The number of rotatable bonds is 3. The molecule has 0 aromatic carbocycles. The van der Waals surface area contributed by atoms with E-state index < -0.39 is 0 Å². The first-order chi connectivity index (χ1) is 5.86. The molecule has 1 aliphatic heterocycles.